The summed E-state index contributed by atoms with van der Waals surface area (Å²) in [4.78, 5) is 21.3. The fourth-order valence-electron chi connectivity index (χ4n) is 4.15. The van der Waals surface area contributed by atoms with Gasteiger partial charge in [0.05, 0.1) is 11.9 Å². The maximum Gasteiger partial charge on any atom is 0.319 e. The standard InChI is InChI=1S/C23H31N5O2/c29-17-19-9-13-27(14-10-19)21-6-3-18(4-7-21)15-25-23(30)26-20-5-8-22(24-16-20)28-11-1-2-12-28/h3-8,16,19,29H,1-2,9-15,17H2,(H2,25,26,30). The third kappa shape index (κ3) is 5.21. The van der Waals surface area contributed by atoms with Gasteiger partial charge in [-0.2, -0.15) is 0 Å². The van der Waals surface area contributed by atoms with Gasteiger partial charge in [0, 0.05) is 45.0 Å². The van der Waals surface area contributed by atoms with E-state index >= 15 is 0 Å². The molecule has 0 aliphatic carbocycles. The molecule has 1 aromatic heterocycles. The van der Waals surface area contributed by atoms with Crippen LogP contribution in [0.15, 0.2) is 42.6 Å². The smallest absolute Gasteiger partial charge is 0.319 e. The van der Waals surface area contributed by atoms with Crippen LogP contribution in [0.2, 0.25) is 0 Å². The molecular formula is C23H31N5O2. The molecule has 0 saturated carbocycles. The van der Waals surface area contributed by atoms with E-state index in [1.54, 1.807) is 6.20 Å². The average Bonchev–Trinajstić information content (AvgIpc) is 3.34. The van der Waals surface area contributed by atoms with E-state index in [-0.39, 0.29) is 6.03 Å². The van der Waals surface area contributed by atoms with Crippen LogP contribution in [-0.2, 0) is 6.54 Å². The third-order valence-electron chi connectivity index (χ3n) is 6.06. The summed E-state index contributed by atoms with van der Waals surface area (Å²) in [7, 11) is 0. The molecule has 2 aromatic rings. The van der Waals surface area contributed by atoms with Gasteiger partial charge in [-0.15, -0.1) is 0 Å². The van der Waals surface area contributed by atoms with Gasteiger partial charge in [0.25, 0.3) is 0 Å². The Morgan fingerprint density at radius 1 is 1.00 bits per heavy atom. The SMILES string of the molecule is O=C(NCc1ccc(N2CCC(CO)CC2)cc1)Nc1ccc(N2CCCC2)nc1. The van der Waals surface area contributed by atoms with Crippen molar-refractivity contribution in [1.82, 2.24) is 10.3 Å². The highest BCUT2D eigenvalue weighted by atomic mass is 16.3. The van der Waals surface area contributed by atoms with Crippen LogP contribution >= 0.6 is 0 Å². The summed E-state index contributed by atoms with van der Waals surface area (Å²) in [5.74, 6) is 1.41. The molecule has 4 rings (SSSR count). The first-order valence-corrected chi connectivity index (χ1v) is 10.9. The number of nitrogens with one attached hydrogen (secondary N) is 2. The lowest BCUT2D eigenvalue weighted by molar-refractivity contribution is 0.203. The quantitative estimate of drug-likeness (QED) is 0.683. The zero-order chi connectivity index (χ0) is 20.8. The molecule has 30 heavy (non-hydrogen) atoms. The van der Waals surface area contributed by atoms with E-state index in [1.807, 2.05) is 12.1 Å². The topological polar surface area (TPSA) is 80.7 Å². The maximum absolute atomic E-state index is 12.2. The number of anilines is 3. The van der Waals surface area contributed by atoms with Gasteiger partial charge in [0.1, 0.15) is 5.82 Å². The first-order valence-electron chi connectivity index (χ1n) is 10.9. The summed E-state index contributed by atoms with van der Waals surface area (Å²) in [5, 5.41) is 15.0. The minimum atomic E-state index is -0.235. The van der Waals surface area contributed by atoms with Gasteiger partial charge in [0.15, 0.2) is 0 Å². The van der Waals surface area contributed by atoms with Crippen LogP contribution in [-0.4, -0.2) is 48.9 Å². The monoisotopic (exact) mass is 409 g/mol. The van der Waals surface area contributed by atoms with Gasteiger partial charge in [-0.25, -0.2) is 9.78 Å². The summed E-state index contributed by atoms with van der Waals surface area (Å²) in [6.45, 7) is 4.84. The molecule has 2 aliphatic rings. The van der Waals surface area contributed by atoms with Crippen molar-refractivity contribution in [3.8, 4) is 0 Å². The molecule has 3 heterocycles. The molecule has 0 radical (unpaired) electrons. The third-order valence-corrected chi connectivity index (χ3v) is 6.06. The number of rotatable bonds is 6. The van der Waals surface area contributed by atoms with E-state index in [4.69, 9.17) is 0 Å². The molecule has 0 atom stereocenters. The maximum atomic E-state index is 12.2. The summed E-state index contributed by atoms with van der Waals surface area (Å²) in [5.41, 5.74) is 2.95. The second kappa shape index (κ2) is 9.80. The van der Waals surface area contributed by atoms with Crippen LogP contribution in [0.25, 0.3) is 0 Å². The Bertz CT molecular complexity index is 810. The molecular weight excluding hydrogens is 378 g/mol. The number of aliphatic hydroxyl groups excluding tert-OH is 1. The number of hydrogen-bond acceptors (Lipinski definition) is 5. The zero-order valence-electron chi connectivity index (χ0n) is 17.4. The van der Waals surface area contributed by atoms with Crippen molar-refractivity contribution in [2.75, 3.05) is 47.9 Å². The second-order valence-corrected chi connectivity index (χ2v) is 8.19. The molecule has 7 nitrogen and oxygen atoms in total. The van der Waals surface area contributed by atoms with Crippen molar-refractivity contribution in [3.05, 3.63) is 48.2 Å². The summed E-state index contributed by atoms with van der Waals surface area (Å²) in [6.07, 6.45) is 6.21. The van der Waals surface area contributed by atoms with Gasteiger partial charge < -0.3 is 25.5 Å². The van der Waals surface area contributed by atoms with Crippen molar-refractivity contribution < 1.29 is 9.90 Å². The van der Waals surface area contributed by atoms with Crippen molar-refractivity contribution in [2.24, 2.45) is 5.92 Å². The Labute approximate surface area is 178 Å². The second-order valence-electron chi connectivity index (χ2n) is 8.19. The Morgan fingerprint density at radius 2 is 1.73 bits per heavy atom. The van der Waals surface area contributed by atoms with Crippen LogP contribution < -0.4 is 20.4 Å². The van der Waals surface area contributed by atoms with Crippen LogP contribution in [0.3, 0.4) is 0 Å². The molecule has 2 aliphatic heterocycles. The van der Waals surface area contributed by atoms with Gasteiger partial charge >= 0.3 is 6.03 Å². The van der Waals surface area contributed by atoms with E-state index in [1.165, 1.54) is 18.5 Å². The molecule has 2 fully saturated rings. The van der Waals surface area contributed by atoms with Crippen molar-refractivity contribution in [1.29, 1.82) is 0 Å². The fraction of sp³-hybridized carbons (Fsp3) is 0.478. The van der Waals surface area contributed by atoms with Gasteiger partial charge in [-0.1, -0.05) is 12.1 Å². The number of benzene rings is 1. The lowest BCUT2D eigenvalue weighted by atomic mass is 9.97. The molecule has 0 spiro atoms. The summed E-state index contributed by atoms with van der Waals surface area (Å²) < 4.78 is 0. The number of carbonyl (C=O) groups is 1. The predicted molar refractivity (Wildman–Crippen MR) is 120 cm³/mol. The van der Waals surface area contributed by atoms with Gasteiger partial charge in [0.2, 0.25) is 0 Å². The number of amides is 2. The van der Waals surface area contributed by atoms with Gasteiger partial charge in [-0.3, -0.25) is 0 Å². The molecule has 160 valence electrons. The summed E-state index contributed by atoms with van der Waals surface area (Å²) >= 11 is 0. The van der Waals surface area contributed by atoms with Crippen LogP contribution in [0.4, 0.5) is 22.0 Å². The number of urea groups is 1. The first kappa shape index (κ1) is 20.5. The van der Waals surface area contributed by atoms with Crippen molar-refractivity contribution >= 4 is 23.2 Å². The van der Waals surface area contributed by atoms with E-state index in [9.17, 15) is 9.90 Å². The molecule has 2 amide bonds. The number of pyridine rings is 1. The Balaban J connectivity index is 1.23. The number of piperidine rings is 1. The highest BCUT2D eigenvalue weighted by molar-refractivity contribution is 5.89. The lowest BCUT2D eigenvalue weighted by Gasteiger charge is -2.33. The largest absolute Gasteiger partial charge is 0.396 e. The highest BCUT2D eigenvalue weighted by Gasteiger charge is 2.18. The Hall–Kier alpha value is -2.80. The van der Waals surface area contributed by atoms with E-state index in [2.05, 4.69) is 49.7 Å². The van der Waals surface area contributed by atoms with E-state index in [0.717, 1.165) is 50.4 Å². The van der Waals surface area contributed by atoms with Crippen molar-refractivity contribution in [3.63, 3.8) is 0 Å². The highest BCUT2D eigenvalue weighted by Crippen LogP contribution is 2.23. The molecule has 2 saturated heterocycles. The molecule has 0 unspecified atom stereocenters. The first-order chi connectivity index (χ1) is 14.7. The molecule has 0 bridgehead atoms. The zero-order valence-corrected chi connectivity index (χ0v) is 17.4. The Morgan fingerprint density at radius 3 is 2.37 bits per heavy atom. The van der Waals surface area contributed by atoms with E-state index < -0.39 is 0 Å². The number of aliphatic hydroxyl groups is 1. The molecule has 7 heteroatoms. The Kier molecular flexibility index (Phi) is 6.69. The lowest BCUT2D eigenvalue weighted by Crippen LogP contribution is -2.34. The number of aromatic nitrogens is 1. The summed E-state index contributed by atoms with van der Waals surface area (Å²) in [6, 6.07) is 11.9. The minimum absolute atomic E-state index is 0.235. The molecule has 1 aromatic carbocycles. The minimum Gasteiger partial charge on any atom is -0.396 e. The molecule has 3 N–H and O–H groups in total. The fourth-order valence-corrected chi connectivity index (χ4v) is 4.15. The normalized spacial score (nSPS) is 17.2. The van der Waals surface area contributed by atoms with Crippen LogP contribution in [0.5, 0.6) is 0 Å². The van der Waals surface area contributed by atoms with Crippen molar-refractivity contribution in [2.45, 2.75) is 32.2 Å². The number of carbonyl (C=O) groups excluding carboxylic acids is 1. The van der Waals surface area contributed by atoms with Gasteiger partial charge in [-0.05, 0) is 61.4 Å². The van der Waals surface area contributed by atoms with E-state index in [0.29, 0.717) is 24.8 Å². The number of hydrogen-bond donors (Lipinski definition) is 3. The van der Waals surface area contributed by atoms with Crippen LogP contribution in [0, 0.1) is 5.92 Å². The predicted octanol–water partition coefficient (Wildman–Crippen LogP) is 3.21. The average molecular weight is 410 g/mol. The number of nitrogens with zero attached hydrogens (tertiary/aromatic N) is 3. The van der Waals surface area contributed by atoms with Crippen LogP contribution in [0.1, 0.15) is 31.2 Å².